The lowest BCUT2D eigenvalue weighted by Gasteiger charge is -2.03. The van der Waals surface area contributed by atoms with Crippen LogP contribution in [0.1, 0.15) is 19.8 Å². The maximum Gasteiger partial charge on any atom is 0.0524 e. The molecule has 0 spiro atoms. The molecule has 0 aromatic rings. The van der Waals surface area contributed by atoms with Gasteiger partial charge in [0.2, 0.25) is 0 Å². The highest BCUT2D eigenvalue weighted by Crippen LogP contribution is 1.85. The van der Waals surface area contributed by atoms with Gasteiger partial charge in [0.15, 0.2) is 0 Å². The van der Waals surface area contributed by atoms with Crippen molar-refractivity contribution in [3.8, 4) is 0 Å². The van der Waals surface area contributed by atoms with Crippen LogP contribution in [0.4, 0.5) is 0 Å². The Balaban J connectivity index is 2.83. The van der Waals surface area contributed by atoms with Crippen molar-refractivity contribution in [2.75, 3.05) is 13.1 Å². The summed E-state index contributed by atoms with van der Waals surface area (Å²) in [5, 5.41) is 12.0. The molecule has 0 bridgehead atoms. The van der Waals surface area contributed by atoms with E-state index in [4.69, 9.17) is 5.11 Å². The van der Waals surface area contributed by atoms with Crippen molar-refractivity contribution >= 4 is 0 Å². The van der Waals surface area contributed by atoms with Crippen molar-refractivity contribution in [2.24, 2.45) is 0 Å². The summed E-state index contributed by atoms with van der Waals surface area (Å²) in [6, 6.07) is 0. The van der Waals surface area contributed by atoms with Gasteiger partial charge in [-0.25, -0.2) is 0 Å². The Morgan fingerprint density at radius 1 is 1.60 bits per heavy atom. The van der Waals surface area contributed by atoms with Crippen LogP contribution >= 0.6 is 0 Å². The highest BCUT2D eigenvalue weighted by Gasteiger charge is 1.92. The van der Waals surface area contributed by atoms with Crippen LogP contribution in [-0.2, 0) is 0 Å². The molecule has 0 aliphatic rings. The number of aliphatic hydroxyl groups excluding tert-OH is 1. The number of hydrogen-bond donors (Lipinski definition) is 2. The first kappa shape index (κ1) is 9.66. The Hall–Kier alpha value is -0.340. The molecule has 0 amide bonds. The van der Waals surface area contributed by atoms with Crippen LogP contribution in [0.3, 0.4) is 0 Å². The third kappa shape index (κ3) is 7.66. The Kier molecular flexibility index (Phi) is 6.55. The molecule has 0 saturated carbocycles. The highest BCUT2D eigenvalue weighted by molar-refractivity contribution is 4.67. The summed E-state index contributed by atoms with van der Waals surface area (Å²) in [4.78, 5) is 0. The molecule has 1 unspecified atom stereocenters. The number of rotatable bonds is 6. The summed E-state index contributed by atoms with van der Waals surface area (Å²) < 4.78 is 0. The minimum Gasteiger partial charge on any atom is -0.393 e. The Morgan fingerprint density at radius 3 is 2.80 bits per heavy atom. The summed E-state index contributed by atoms with van der Waals surface area (Å²) in [5.74, 6) is 0. The predicted molar refractivity (Wildman–Crippen MR) is 44.0 cm³/mol. The molecular formula is C8H17NO. The average molecular weight is 143 g/mol. The summed E-state index contributed by atoms with van der Waals surface area (Å²) in [6.45, 7) is 7.27. The van der Waals surface area contributed by atoms with Gasteiger partial charge in [-0.15, -0.1) is 6.58 Å². The summed E-state index contributed by atoms with van der Waals surface area (Å²) >= 11 is 0. The van der Waals surface area contributed by atoms with E-state index < -0.39 is 0 Å². The van der Waals surface area contributed by atoms with E-state index in [1.165, 1.54) is 0 Å². The standard InChI is InChI=1S/C8H17NO/c1-3-4-6-9-7-5-8(2)10/h3,8-10H,1,4-7H2,2H3. The molecule has 10 heavy (non-hydrogen) atoms. The van der Waals surface area contributed by atoms with Gasteiger partial charge in [0.1, 0.15) is 0 Å². The van der Waals surface area contributed by atoms with E-state index in [1.807, 2.05) is 6.08 Å². The molecule has 0 rings (SSSR count). The van der Waals surface area contributed by atoms with Crippen molar-refractivity contribution in [1.82, 2.24) is 5.32 Å². The molecule has 0 heterocycles. The SMILES string of the molecule is C=CCCNCCC(C)O. The number of nitrogens with one attached hydrogen (secondary N) is 1. The first-order valence-electron chi connectivity index (χ1n) is 3.77. The molecule has 0 fully saturated rings. The quantitative estimate of drug-likeness (QED) is 0.428. The largest absolute Gasteiger partial charge is 0.393 e. The van der Waals surface area contributed by atoms with Gasteiger partial charge in [0.25, 0.3) is 0 Å². The molecule has 2 N–H and O–H groups in total. The van der Waals surface area contributed by atoms with E-state index in [0.717, 1.165) is 25.9 Å². The molecule has 2 nitrogen and oxygen atoms in total. The van der Waals surface area contributed by atoms with E-state index >= 15 is 0 Å². The first-order chi connectivity index (χ1) is 4.77. The normalized spacial score (nSPS) is 13.0. The molecule has 2 heteroatoms. The summed E-state index contributed by atoms with van der Waals surface area (Å²) in [7, 11) is 0. The molecule has 0 aromatic heterocycles. The zero-order valence-corrected chi connectivity index (χ0v) is 6.64. The highest BCUT2D eigenvalue weighted by atomic mass is 16.3. The lowest BCUT2D eigenvalue weighted by Crippen LogP contribution is -2.19. The lowest BCUT2D eigenvalue weighted by molar-refractivity contribution is 0.184. The molecule has 0 saturated heterocycles. The molecule has 60 valence electrons. The van der Waals surface area contributed by atoms with Gasteiger partial charge < -0.3 is 10.4 Å². The third-order valence-corrected chi connectivity index (χ3v) is 1.26. The van der Waals surface area contributed by atoms with Crippen molar-refractivity contribution in [2.45, 2.75) is 25.9 Å². The van der Waals surface area contributed by atoms with Crippen LogP contribution in [-0.4, -0.2) is 24.3 Å². The van der Waals surface area contributed by atoms with E-state index in [2.05, 4.69) is 11.9 Å². The third-order valence-electron chi connectivity index (χ3n) is 1.26. The maximum atomic E-state index is 8.85. The Labute approximate surface area is 62.9 Å². The molecule has 0 radical (unpaired) electrons. The Morgan fingerprint density at radius 2 is 2.30 bits per heavy atom. The van der Waals surface area contributed by atoms with Gasteiger partial charge in [-0.05, 0) is 32.9 Å². The molecule has 1 atom stereocenters. The summed E-state index contributed by atoms with van der Waals surface area (Å²) in [6.07, 6.45) is 3.53. The van der Waals surface area contributed by atoms with Crippen molar-refractivity contribution in [1.29, 1.82) is 0 Å². The predicted octanol–water partition coefficient (Wildman–Crippen LogP) is 0.923. The molecular weight excluding hydrogens is 126 g/mol. The van der Waals surface area contributed by atoms with Gasteiger partial charge >= 0.3 is 0 Å². The molecule has 0 aliphatic carbocycles. The summed E-state index contributed by atoms with van der Waals surface area (Å²) in [5.41, 5.74) is 0. The molecule has 0 aliphatic heterocycles. The smallest absolute Gasteiger partial charge is 0.0524 e. The Bertz CT molecular complexity index is 81.3. The van der Waals surface area contributed by atoms with Crippen LogP contribution < -0.4 is 5.32 Å². The second-order valence-electron chi connectivity index (χ2n) is 2.47. The second-order valence-corrected chi connectivity index (χ2v) is 2.47. The fourth-order valence-electron chi connectivity index (χ4n) is 0.640. The van der Waals surface area contributed by atoms with E-state index in [0.29, 0.717) is 0 Å². The second kappa shape index (κ2) is 6.78. The van der Waals surface area contributed by atoms with Gasteiger partial charge in [-0.3, -0.25) is 0 Å². The maximum absolute atomic E-state index is 8.85. The lowest BCUT2D eigenvalue weighted by atomic mass is 10.3. The minimum atomic E-state index is -0.184. The van der Waals surface area contributed by atoms with Crippen LogP contribution in [0.5, 0.6) is 0 Å². The van der Waals surface area contributed by atoms with E-state index in [9.17, 15) is 0 Å². The van der Waals surface area contributed by atoms with Gasteiger partial charge in [-0.1, -0.05) is 6.08 Å². The number of aliphatic hydroxyl groups is 1. The van der Waals surface area contributed by atoms with Crippen LogP contribution in [0.25, 0.3) is 0 Å². The zero-order valence-electron chi connectivity index (χ0n) is 6.64. The topological polar surface area (TPSA) is 32.3 Å². The average Bonchev–Trinajstić information content (AvgIpc) is 1.87. The van der Waals surface area contributed by atoms with E-state index in [1.54, 1.807) is 6.92 Å². The number of hydrogen-bond acceptors (Lipinski definition) is 2. The van der Waals surface area contributed by atoms with Crippen LogP contribution in [0, 0.1) is 0 Å². The van der Waals surface area contributed by atoms with Crippen molar-refractivity contribution < 1.29 is 5.11 Å². The van der Waals surface area contributed by atoms with Gasteiger partial charge in [0.05, 0.1) is 6.10 Å². The van der Waals surface area contributed by atoms with Crippen LogP contribution in [0.15, 0.2) is 12.7 Å². The van der Waals surface area contributed by atoms with Crippen molar-refractivity contribution in [3.63, 3.8) is 0 Å². The fraction of sp³-hybridized carbons (Fsp3) is 0.750. The monoisotopic (exact) mass is 143 g/mol. The fourth-order valence-corrected chi connectivity index (χ4v) is 0.640. The van der Waals surface area contributed by atoms with Crippen LogP contribution in [0.2, 0.25) is 0 Å². The molecule has 0 aromatic carbocycles. The first-order valence-corrected chi connectivity index (χ1v) is 3.77. The van der Waals surface area contributed by atoms with E-state index in [-0.39, 0.29) is 6.10 Å². The zero-order chi connectivity index (χ0) is 7.82. The minimum absolute atomic E-state index is 0.184. The van der Waals surface area contributed by atoms with Gasteiger partial charge in [0, 0.05) is 0 Å². The van der Waals surface area contributed by atoms with Gasteiger partial charge in [-0.2, -0.15) is 0 Å². The van der Waals surface area contributed by atoms with Crippen molar-refractivity contribution in [3.05, 3.63) is 12.7 Å².